The van der Waals surface area contributed by atoms with Crippen LogP contribution in [0.5, 0.6) is 0 Å². The highest BCUT2D eigenvalue weighted by atomic mass is 32.2. The lowest BCUT2D eigenvalue weighted by Gasteiger charge is -1.94. The van der Waals surface area contributed by atoms with Gasteiger partial charge < -0.3 is 0 Å². The van der Waals surface area contributed by atoms with E-state index in [0.29, 0.717) is 0 Å². The molecule has 0 unspecified atom stereocenters. The van der Waals surface area contributed by atoms with Crippen molar-refractivity contribution >= 4 is 11.8 Å². The molecular formula is C9H14S. The molecule has 0 nitrogen and oxygen atoms in total. The summed E-state index contributed by atoms with van der Waals surface area (Å²) in [6.45, 7) is 5.73. The molecule has 0 aliphatic heterocycles. The van der Waals surface area contributed by atoms with Crippen LogP contribution >= 0.6 is 11.8 Å². The quantitative estimate of drug-likeness (QED) is 0.561. The Morgan fingerprint density at radius 2 is 2.30 bits per heavy atom. The summed E-state index contributed by atoms with van der Waals surface area (Å²) in [6.07, 6.45) is 10.1. The van der Waals surface area contributed by atoms with Crippen molar-refractivity contribution in [2.24, 2.45) is 0 Å². The minimum Gasteiger partial charge on any atom is -0.161 e. The third-order valence-electron chi connectivity index (χ3n) is 1.08. The maximum absolute atomic E-state index is 3.72. The smallest absolute Gasteiger partial charge is 0.0181 e. The molecule has 0 aliphatic carbocycles. The van der Waals surface area contributed by atoms with E-state index in [-0.39, 0.29) is 0 Å². The Bertz CT molecular complexity index is 143. The first-order valence-corrected chi connectivity index (χ1v) is 4.67. The number of hydrogen-bond acceptors (Lipinski definition) is 1. The first-order chi connectivity index (χ1) is 4.85. The minimum atomic E-state index is 1.05. The molecule has 0 radical (unpaired) electrons. The van der Waals surface area contributed by atoms with Gasteiger partial charge in [0.15, 0.2) is 0 Å². The first kappa shape index (κ1) is 9.57. The van der Waals surface area contributed by atoms with Crippen LogP contribution in [0.15, 0.2) is 36.5 Å². The Kier molecular flexibility index (Phi) is 6.40. The summed E-state index contributed by atoms with van der Waals surface area (Å²) < 4.78 is 0. The van der Waals surface area contributed by atoms with Crippen LogP contribution in [-0.4, -0.2) is 12.0 Å². The topological polar surface area (TPSA) is 0 Å². The van der Waals surface area contributed by atoms with Crippen LogP contribution in [0.3, 0.4) is 0 Å². The van der Waals surface area contributed by atoms with E-state index in [1.165, 1.54) is 5.57 Å². The van der Waals surface area contributed by atoms with Crippen LogP contribution < -0.4 is 0 Å². The zero-order chi connectivity index (χ0) is 7.82. The van der Waals surface area contributed by atoms with Gasteiger partial charge >= 0.3 is 0 Å². The molecule has 0 aromatic rings. The lowest BCUT2D eigenvalue weighted by molar-refractivity contribution is 1.55. The largest absolute Gasteiger partial charge is 0.161 e. The summed E-state index contributed by atoms with van der Waals surface area (Å²) in [5, 5.41) is 0. The summed E-state index contributed by atoms with van der Waals surface area (Å²) >= 11 is 1.81. The van der Waals surface area contributed by atoms with E-state index in [1.807, 2.05) is 36.9 Å². The molecule has 0 aromatic heterocycles. The van der Waals surface area contributed by atoms with Crippen LogP contribution in [0.2, 0.25) is 0 Å². The average molecular weight is 154 g/mol. The molecule has 0 N–H and O–H groups in total. The predicted molar refractivity (Wildman–Crippen MR) is 51.5 cm³/mol. The first-order valence-electron chi connectivity index (χ1n) is 3.28. The zero-order valence-electron chi connectivity index (χ0n) is 6.63. The highest BCUT2D eigenvalue weighted by Gasteiger charge is 1.85. The van der Waals surface area contributed by atoms with Crippen LogP contribution in [0.4, 0.5) is 0 Å². The molecular weight excluding hydrogens is 140 g/mol. The molecule has 0 bridgehead atoms. The van der Waals surface area contributed by atoms with Crippen LogP contribution in [-0.2, 0) is 0 Å². The molecule has 0 heterocycles. The fraction of sp³-hybridized carbons (Fsp3) is 0.333. The van der Waals surface area contributed by atoms with Gasteiger partial charge in [-0.25, -0.2) is 0 Å². The van der Waals surface area contributed by atoms with Gasteiger partial charge in [-0.05, 0) is 18.8 Å². The maximum Gasteiger partial charge on any atom is 0.0181 e. The van der Waals surface area contributed by atoms with Gasteiger partial charge in [-0.3, -0.25) is 0 Å². The number of allylic oxidation sites excluding steroid dienone is 4. The number of rotatable bonds is 4. The maximum atomic E-state index is 3.72. The fourth-order valence-corrected chi connectivity index (χ4v) is 1.11. The average Bonchev–Trinajstić information content (AvgIpc) is 1.98. The molecule has 1 heteroatoms. The van der Waals surface area contributed by atoms with Gasteiger partial charge in [0.25, 0.3) is 0 Å². The molecule has 0 aliphatic rings. The molecule has 0 aromatic carbocycles. The second kappa shape index (κ2) is 6.69. The minimum absolute atomic E-state index is 1.05. The predicted octanol–water partition coefficient (Wildman–Crippen LogP) is 3.04. The molecule has 56 valence electrons. The third kappa shape index (κ3) is 4.45. The monoisotopic (exact) mass is 154 g/mol. The van der Waals surface area contributed by atoms with E-state index < -0.39 is 0 Å². The summed E-state index contributed by atoms with van der Waals surface area (Å²) in [6, 6.07) is 0. The van der Waals surface area contributed by atoms with Gasteiger partial charge in [-0.15, -0.1) is 0 Å². The standard InChI is InChI=1S/C9H14S/c1-4-6-7-9(5-2)8-10-3/h4-7H,2,8H2,1,3H3/b6-4-,9-7+. The second-order valence-corrected chi connectivity index (χ2v) is 2.77. The van der Waals surface area contributed by atoms with Gasteiger partial charge in [-0.1, -0.05) is 30.9 Å². The SMILES string of the molecule is C=C/C(=C\C=C/C)CSC. The summed E-state index contributed by atoms with van der Waals surface area (Å²) in [7, 11) is 0. The highest BCUT2D eigenvalue weighted by molar-refractivity contribution is 7.98. The van der Waals surface area contributed by atoms with E-state index in [1.54, 1.807) is 0 Å². The Balaban J connectivity index is 3.90. The molecule has 0 spiro atoms. The lowest BCUT2D eigenvalue weighted by Crippen LogP contribution is -1.79. The number of hydrogen-bond donors (Lipinski definition) is 0. The fourth-order valence-electron chi connectivity index (χ4n) is 0.562. The van der Waals surface area contributed by atoms with Crippen molar-refractivity contribution < 1.29 is 0 Å². The Hall–Kier alpha value is -0.430. The third-order valence-corrected chi connectivity index (χ3v) is 1.70. The van der Waals surface area contributed by atoms with E-state index in [2.05, 4.69) is 18.9 Å². The van der Waals surface area contributed by atoms with Gasteiger partial charge in [0.05, 0.1) is 0 Å². The Morgan fingerprint density at radius 3 is 2.70 bits per heavy atom. The van der Waals surface area contributed by atoms with Crippen molar-refractivity contribution in [1.29, 1.82) is 0 Å². The molecule has 0 fully saturated rings. The Morgan fingerprint density at radius 1 is 1.60 bits per heavy atom. The van der Waals surface area contributed by atoms with E-state index in [0.717, 1.165) is 5.75 Å². The summed E-state index contributed by atoms with van der Waals surface area (Å²) in [4.78, 5) is 0. The van der Waals surface area contributed by atoms with Crippen LogP contribution in [0, 0.1) is 0 Å². The number of thioether (sulfide) groups is 1. The van der Waals surface area contributed by atoms with Gasteiger partial charge in [0.2, 0.25) is 0 Å². The van der Waals surface area contributed by atoms with Gasteiger partial charge in [0, 0.05) is 5.75 Å². The lowest BCUT2D eigenvalue weighted by atomic mass is 10.3. The van der Waals surface area contributed by atoms with Crippen molar-refractivity contribution in [2.45, 2.75) is 6.92 Å². The van der Waals surface area contributed by atoms with Crippen molar-refractivity contribution in [2.75, 3.05) is 12.0 Å². The molecule has 0 atom stereocenters. The Labute approximate surface area is 67.7 Å². The van der Waals surface area contributed by atoms with Crippen molar-refractivity contribution in [3.05, 3.63) is 36.5 Å². The van der Waals surface area contributed by atoms with Crippen molar-refractivity contribution in [3.63, 3.8) is 0 Å². The van der Waals surface area contributed by atoms with Crippen molar-refractivity contribution in [3.8, 4) is 0 Å². The molecule has 0 rings (SSSR count). The van der Waals surface area contributed by atoms with E-state index in [4.69, 9.17) is 0 Å². The van der Waals surface area contributed by atoms with Crippen LogP contribution in [0.1, 0.15) is 6.92 Å². The van der Waals surface area contributed by atoms with Gasteiger partial charge in [-0.2, -0.15) is 11.8 Å². The van der Waals surface area contributed by atoms with Crippen molar-refractivity contribution in [1.82, 2.24) is 0 Å². The molecule has 10 heavy (non-hydrogen) atoms. The second-order valence-electron chi connectivity index (χ2n) is 1.90. The van der Waals surface area contributed by atoms with Crippen LogP contribution in [0.25, 0.3) is 0 Å². The molecule has 0 saturated carbocycles. The molecule has 0 amide bonds. The van der Waals surface area contributed by atoms with E-state index in [9.17, 15) is 0 Å². The molecule has 0 saturated heterocycles. The highest BCUT2D eigenvalue weighted by Crippen LogP contribution is 2.04. The normalized spacial score (nSPS) is 12.4. The summed E-state index contributed by atoms with van der Waals surface area (Å²) in [5.41, 5.74) is 1.28. The van der Waals surface area contributed by atoms with E-state index >= 15 is 0 Å². The van der Waals surface area contributed by atoms with Gasteiger partial charge in [0.1, 0.15) is 0 Å². The zero-order valence-corrected chi connectivity index (χ0v) is 7.45. The summed E-state index contributed by atoms with van der Waals surface area (Å²) in [5.74, 6) is 1.05.